The van der Waals surface area contributed by atoms with Crippen molar-refractivity contribution in [1.82, 2.24) is 0 Å². The minimum absolute atomic E-state index is 0.106. The first-order valence-electron chi connectivity index (χ1n) is 13.3. The van der Waals surface area contributed by atoms with Crippen LogP contribution in [0.3, 0.4) is 0 Å². The van der Waals surface area contributed by atoms with E-state index in [1.165, 1.54) is 44.9 Å². The van der Waals surface area contributed by atoms with Crippen LogP contribution >= 0.6 is 0 Å². The van der Waals surface area contributed by atoms with Crippen LogP contribution in [0.5, 0.6) is 0 Å². The molecule has 0 heterocycles. The lowest BCUT2D eigenvalue weighted by Gasteiger charge is -2.60. The number of hydrogen-bond donors (Lipinski definition) is 2. The van der Waals surface area contributed by atoms with Gasteiger partial charge in [-0.2, -0.15) is 0 Å². The Morgan fingerprint density at radius 1 is 1.06 bits per heavy atom. The Labute approximate surface area is 196 Å². The monoisotopic (exact) mass is 444 g/mol. The third-order valence-corrected chi connectivity index (χ3v) is 11.3. The van der Waals surface area contributed by atoms with Crippen molar-refractivity contribution in [1.29, 1.82) is 0 Å². The van der Waals surface area contributed by atoms with E-state index < -0.39 is 5.60 Å². The average molecular weight is 445 g/mol. The summed E-state index contributed by atoms with van der Waals surface area (Å²) in [4.78, 5) is 4.58. The summed E-state index contributed by atoms with van der Waals surface area (Å²) in [5.41, 5.74) is 4.02. The van der Waals surface area contributed by atoms with Crippen molar-refractivity contribution in [2.45, 2.75) is 118 Å². The first-order valence-corrected chi connectivity index (χ1v) is 13.3. The molecule has 4 rings (SSSR count). The van der Waals surface area contributed by atoms with Gasteiger partial charge in [0.15, 0.2) is 0 Å². The maximum absolute atomic E-state index is 10.6. The minimum Gasteiger partial charge on any atom is -0.393 e. The van der Waals surface area contributed by atoms with E-state index in [-0.39, 0.29) is 6.10 Å². The number of rotatable bonds is 5. The molecule has 4 aliphatic rings. The zero-order chi connectivity index (χ0) is 23.5. The maximum Gasteiger partial charge on any atom is 0.116 e. The lowest BCUT2D eigenvalue weighted by molar-refractivity contribution is -0.297. The molecule has 3 heteroatoms. The summed E-state index contributed by atoms with van der Waals surface area (Å²) < 4.78 is 0. The van der Waals surface area contributed by atoms with Gasteiger partial charge in [-0.3, -0.25) is 5.26 Å². The second-order valence-electron chi connectivity index (χ2n) is 13.2. The highest BCUT2D eigenvalue weighted by Crippen LogP contribution is 2.71. The lowest BCUT2D eigenvalue weighted by atomic mass is 9.45. The second-order valence-corrected chi connectivity index (χ2v) is 13.2. The molecule has 8 unspecified atom stereocenters. The van der Waals surface area contributed by atoms with Crippen molar-refractivity contribution in [2.75, 3.05) is 0 Å². The van der Waals surface area contributed by atoms with Crippen LogP contribution in [0.2, 0.25) is 0 Å². The fourth-order valence-corrected chi connectivity index (χ4v) is 9.01. The van der Waals surface area contributed by atoms with Crippen LogP contribution in [-0.2, 0) is 4.89 Å². The lowest BCUT2D eigenvalue weighted by Crippen LogP contribution is -2.51. The second kappa shape index (κ2) is 8.24. The molecule has 0 amide bonds. The van der Waals surface area contributed by atoms with Crippen molar-refractivity contribution in [3.05, 3.63) is 23.3 Å². The predicted molar refractivity (Wildman–Crippen MR) is 131 cm³/mol. The van der Waals surface area contributed by atoms with E-state index in [4.69, 9.17) is 5.26 Å². The van der Waals surface area contributed by atoms with Gasteiger partial charge < -0.3 is 5.11 Å². The molecule has 2 fully saturated rings. The number of allylic oxidation sites excluding steroid dienone is 3. The van der Waals surface area contributed by atoms with Gasteiger partial charge in [0.25, 0.3) is 0 Å². The highest BCUT2D eigenvalue weighted by Gasteiger charge is 2.62. The van der Waals surface area contributed by atoms with E-state index in [1.807, 2.05) is 31.1 Å². The SMILES string of the molecule is CC(CC=CC(C)(C)OO)C1CCC2(C)C3=C(CCC12C)C1(C)CCC(O)C(C)C1CC3. The predicted octanol–water partition coefficient (Wildman–Crippen LogP) is 7.56. The highest BCUT2D eigenvalue weighted by atomic mass is 17.1. The molecule has 8 atom stereocenters. The normalized spacial score (nSPS) is 45.5. The number of fused-ring (bicyclic) bond motifs is 4. The summed E-state index contributed by atoms with van der Waals surface area (Å²) in [6, 6.07) is 0. The molecule has 0 aromatic heterocycles. The summed E-state index contributed by atoms with van der Waals surface area (Å²) in [7, 11) is 0. The molecule has 2 saturated carbocycles. The minimum atomic E-state index is -0.614. The van der Waals surface area contributed by atoms with Crippen LogP contribution in [0.4, 0.5) is 0 Å². The van der Waals surface area contributed by atoms with E-state index in [0.717, 1.165) is 18.8 Å². The van der Waals surface area contributed by atoms with Gasteiger partial charge in [0.1, 0.15) is 5.60 Å². The van der Waals surface area contributed by atoms with Crippen molar-refractivity contribution < 1.29 is 15.3 Å². The summed E-state index contributed by atoms with van der Waals surface area (Å²) in [6.07, 6.45) is 15.0. The van der Waals surface area contributed by atoms with E-state index in [9.17, 15) is 5.11 Å². The Bertz CT molecular complexity index is 781. The molecular weight excluding hydrogens is 396 g/mol. The van der Waals surface area contributed by atoms with Crippen molar-refractivity contribution >= 4 is 0 Å². The van der Waals surface area contributed by atoms with E-state index >= 15 is 0 Å². The van der Waals surface area contributed by atoms with E-state index in [2.05, 4.69) is 45.6 Å². The first-order chi connectivity index (χ1) is 14.9. The summed E-state index contributed by atoms with van der Waals surface area (Å²) >= 11 is 0. The quantitative estimate of drug-likeness (QED) is 0.261. The smallest absolute Gasteiger partial charge is 0.116 e. The Hall–Kier alpha value is -0.640. The molecule has 0 aliphatic heterocycles. The maximum atomic E-state index is 10.6. The van der Waals surface area contributed by atoms with Gasteiger partial charge in [0.2, 0.25) is 0 Å². The topological polar surface area (TPSA) is 49.7 Å². The first kappa shape index (κ1) is 24.5. The molecule has 4 aliphatic carbocycles. The molecule has 0 aromatic rings. The fraction of sp³-hybridized carbons (Fsp3) is 0.862. The molecule has 0 spiro atoms. The average Bonchev–Trinajstić information content (AvgIpc) is 3.02. The zero-order valence-corrected chi connectivity index (χ0v) is 21.7. The Morgan fingerprint density at radius 3 is 2.47 bits per heavy atom. The van der Waals surface area contributed by atoms with Crippen molar-refractivity contribution in [3.8, 4) is 0 Å². The van der Waals surface area contributed by atoms with Gasteiger partial charge >= 0.3 is 0 Å². The van der Waals surface area contributed by atoms with Gasteiger partial charge in [-0.25, -0.2) is 4.89 Å². The van der Waals surface area contributed by atoms with Crippen LogP contribution in [-0.4, -0.2) is 22.1 Å². The molecule has 0 aromatic carbocycles. The summed E-state index contributed by atoms with van der Waals surface area (Å²) in [5.74, 6) is 2.45. The molecule has 182 valence electrons. The van der Waals surface area contributed by atoms with Gasteiger partial charge in [0.05, 0.1) is 6.10 Å². The molecule has 32 heavy (non-hydrogen) atoms. The Kier molecular flexibility index (Phi) is 6.30. The third-order valence-electron chi connectivity index (χ3n) is 11.3. The summed E-state index contributed by atoms with van der Waals surface area (Å²) in [5, 5.41) is 19.6. The van der Waals surface area contributed by atoms with Crippen LogP contribution in [0.15, 0.2) is 23.3 Å². The van der Waals surface area contributed by atoms with Gasteiger partial charge in [-0.15, -0.1) is 0 Å². The molecular formula is C29H48O3. The van der Waals surface area contributed by atoms with Crippen LogP contribution in [0.25, 0.3) is 0 Å². The van der Waals surface area contributed by atoms with Crippen molar-refractivity contribution in [3.63, 3.8) is 0 Å². The molecule has 0 saturated heterocycles. The van der Waals surface area contributed by atoms with Crippen molar-refractivity contribution in [2.24, 2.45) is 39.9 Å². The van der Waals surface area contributed by atoms with Gasteiger partial charge in [0, 0.05) is 0 Å². The number of aliphatic hydroxyl groups excluding tert-OH is 1. The van der Waals surface area contributed by atoms with E-state index in [0.29, 0.717) is 34.0 Å². The van der Waals surface area contributed by atoms with Crippen LogP contribution in [0.1, 0.15) is 106 Å². The van der Waals surface area contributed by atoms with Gasteiger partial charge in [-0.1, -0.05) is 57.9 Å². The zero-order valence-electron chi connectivity index (χ0n) is 21.7. The molecule has 0 radical (unpaired) electrons. The largest absolute Gasteiger partial charge is 0.393 e. The number of hydrogen-bond acceptors (Lipinski definition) is 3. The van der Waals surface area contributed by atoms with Crippen LogP contribution < -0.4 is 0 Å². The van der Waals surface area contributed by atoms with E-state index in [1.54, 1.807) is 0 Å². The Balaban J connectivity index is 1.59. The van der Waals surface area contributed by atoms with Gasteiger partial charge in [-0.05, 0) is 112 Å². The van der Waals surface area contributed by atoms with Crippen LogP contribution in [0, 0.1) is 39.9 Å². The molecule has 2 N–H and O–H groups in total. The number of aliphatic hydroxyl groups is 1. The standard InChI is InChI=1S/C29H48O3/c1-19(9-8-15-26(3,4)32-31)21-12-17-29(7)24-11-10-22-20(2)25(30)14-16-27(22,5)23(24)13-18-28(21,29)6/h8,15,19-22,25,30-31H,9-14,16-18H2,1-7H3. The Morgan fingerprint density at radius 2 is 1.78 bits per heavy atom. The summed E-state index contributed by atoms with van der Waals surface area (Å²) in [6.45, 7) is 16.3. The molecule has 3 nitrogen and oxygen atoms in total. The third kappa shape index (κ3) is 3.57. The molecule has 0 bridgehead atoms. The highest BCUT2D eigenvalue weighted by molar-refractivity contribution is 5.38. The fourth-order valence-electron chi connectivity index (χ4n) is 9.01.